The lowest BCUT2D eigenvalue weighted by Crippen LogP contribution is -2.54. The highest BCUT2D eigenvalue weighted by Crippen LogP contribution is 2.34. The molecule has 0 saturated carbocycles. The van der Waals surface area contributed by atoms with Crippen LogP contribution in [-0.4, -0.2) is 73.6 Å². The van der Waals surface area contributed by atoms with Crippen LogP contribution in [0.2, 0.25) is 0 Å². The fraction of sp³-hybridized carbons (Fsp3) is 0.348. The van der Waals surface area contributed by atoms with E-state index in [9.17, 15) is 4.79 Å². The van der Waals surface area contributed by atoms with E-state index in [0.29, 0.717) is 10.6 Å². The smallest absolute Gasteiger partial charge is 0.267 e. The van der Waals surface area contributed by atoms with Gasteiger partial charge < -0.3 is 34.5 Å². The Hall–Kier alpha value is -3.95. The van der Waals surface area contributed by atoms with Crippen LogP contribution in [0, 0.1) is 0 Å². The topological polar surface area (TPSA) is 112 Å². The number of amides is 1. The summed E-state index contributed by atoms with van der Waals surface area (Å²) in [6.45, 7) is -7.05. The van der Waals surface area contributed by atoms with Crippen LogP contribution in [0.25, 0.3) is 10.9 Å². The molecule has 1 fully saturated rings. The van der Waals surface area contributed by atoms with Crippen molar-refractivity contribution in [1.82, 2.24) is 14.9 Å². The fourth-order valence-electron chi connectivity index (χ4n) is 3.31. The number of anilines is 2. The number of rotatable bonds is 4. The molecule has 1 aromatic heterocycles. The summed E-state index contributed by atoms with van der Waals surface area (Å²) in [7, 11) is -6.38. The van der Waals surface area contributed by atoms with Crippen molar-refractivity contribution in [1.29, 1.82) is 0 Å². The number of nitrogens with two attached hydrogens (primary N) is 1. The van der Waals surface area contributed by atoms with Gasteiger partial charge >= 0.3 is 0 Å². The van der Waals surface area contributed by atoms with Gasteiger partial charge in [-0.05, 0) is 18.2 Å². The first-order valence-electron chi connectivity index (χ1n) is 15.6. The van der Waals surface area contributed by atoms with E-state index in [1.54, 1.807) is 24.3 Å². The molecule has 3 aromatic rings. The Morgan fingerprint density at radius 2 is 1.91 bits per heavy atom. The van der Waals surface area contributed by atoms with Gasteiger partial charge in [-0.15, -0.1) is 0 Å². The van der Waals surface area contributed by atoms with E-state index in [2.05, 4.69) is 9.97 Å². The van der Waals surface area contributed by atoms with Crippen molar-refractivity contribution in [2.45, 2.75) is 6.10 Å². The summed E-state index contributed by atoms with van der Waals surface area (Å²) in [5.41, 5.74) is 5.60. The van der Waals surface area contributed by atoms with Crippen molar-refractivity contribution in [2.75, 3.05) is 57.4 Å². The largest absolute Gasteiger partial charge is 0.493 e. The van der Waals surface area contributed by atoms with E-state index in [1.807, 2.05) is 0 Å². The van der Waals surface area contributed by atoms with Gasteiger partial charge in [-0.1, -0.05) is 12.1 Å². The fourth-order valence-corrected chi connectivity index (χ4v) is 3.31. The number of nitrogen functional groups attached to an aromatic ring is 1. The van der Waals surface area contributed by atoms with Crippen LogP contribution < -0.4 is 29.6 Å². The van der Waals surface area contributed by atoms with Crippen molar-refractivity contribution in [3.05, 3.63) is 36.4 Å². The predicted molar refractivity (Wildman–Crippen MR) is 122 cm³/mol. The summed E-state index contributed by atoms with van der Waals surface area (Å²) in [6, 6.07) is 4.88. The molecule has 1 unspecified atom stereocenters. The van der Waals surface area contributed by atoms with Gasteiger partial charge in [0.1, 0.15) is 12.4 Å². The number of para-hydroxylation sites is 2. The first-order valence-corrected chi connectivity index (χ1v) is 9.64. The summed E-state index contributed by atoms with van der Waals surface area (Å²) in [5.74, 6) is -3.20. The van der Waals surface area contributed by atoms with E-state index in [0.717, 1.165) is 4.90 Å². The van der Waals surface area contributed by atoms with E-state index in [1.165, 1.54) is 0 Å². The lowest BCUT2D eigenvalue weighted by Gasteiger charge is -2.37. The van der Waals surface area contributed by atoms with E-state index >= 15 is 0 Å². The predicted octanol–water partition coefficient (Wildman–Crippen LogP) is 1.72. The van der Waals surface area contributed by atoms with Crippen LogP contribution in [0.1, 0.15) is 16.4 Å². The zero-order valence-corrected chi connectivity index (χ0v) is 16.9. The molecule has 172 valence electrons. The number of nitrogens with zero attached hydrogens (tertiary/aromatic N) is 4. The summed E-state index contributed by atoms with van der Waals surface area (Å²) < 4.78 is 117. The van der Waals surface area contributed by atoms with E-state index in [4.69, 9.17) is 41.1 Å². The summed E-state index contributed by atoms with van der Waals surface area (Å²) in [6.07, 6.45) is -1.35. The number of hydrogen-bond donors (Lipinski definition) is 1. The Morgan fingerprint density at radius 3 is 2.67 bits per heavy atom. The minimum Gasteiger partial charge on any atom is -0.493 e. The van der Waals surface area contributed by atoms with Crippen LogP contribution in [0.4, 0.5) is 11.8 Å². The number of hydrogen-bond acceptors (Lipinski definition) is 9. The Morgan fingerprint density at radius 1 is 1.18 bits per heavy atom. The van der Waals surface area contributed by atoms with Crippen molar-refractivity contribution in [2.24, 2.45) is 0 Å². The lowest BCUT2D eigenvalue weighted by atomic mass is 10.2. The van der Waals surface area contributed by atoms with Crippen molar-refractivity contribution >= 4 is 28.6 Å². The number of carbonyl (C=O) groups is 1. The van der Waals surface area contributed by atoms with E-state index in [-0.39, 0.29) is 12.4 Å². The standard InChI is InChI=1S/C23H25N5O5/c1-30-18-11-14-15(12-19(18)31-2)25-23(26-21(14)24)28-9-7-27(8-10-28)22(29)20-13-32-16-5-3-4-6-17(16)33-20/h3-6,11-12,20H,7-10,13H2,1-2H3,(H2,24,25,26)/i1D3,2D3,7D2,8D2,11D,12D. The molecule has 5 rings (SSSR count). The molecule has 10 nitrogen and oxygen atoms in total. The number of ether oxygens (including phenoxy) is 4. The maximum atomic E-state index is 13.4. The maximum absolute atomic E-state index is 13.4. The van der Waals surface area contributed by atoms with Gasteiger partial charge in [-0.3, -0.25) is 4.79 Å². The first kappa shape index (κ1) is 11.3. The first-order chi connectivity index (χ1) is 20.7. The molecule has 3 heterocycles. The zero-order valence-electron chi connectivity index (χ0n) is 28.9. The second-order valence-electron chi connectivity index (χ2n) is 6.95. The number of benzene rings is 2. The second kappa shape index (κ2) is 8.53. The highest BCUT2D eigenvalue weighted by Gasteiger charge is 2.33. The molecule has 2 aliphatic heterocycles. The zero-order chi connectivity index (χ0) is 33.3. The molecule has 2 aromatic carbocycles. The molecule has 2 aliphatic rings. The highest BCUT2D eigenvalue weighted by molar-refractivity contribution is 5.91. The number of aromatic nitrogens is 2. The summed E-state index contributed by atoms with van der Waals surface area (Å²) in [5, 5.41) is -0.393. The Bertz CT molecular complexity index is 1650. The average molecular weight is 464 g/mol. The molecule has 0 radical (unpaired) electrons. The van der Waals surface area contributed by atoms with Gasteiger partial charge in [-0.25, -0.2) is 4.98 Å². The van der Waals surface area contributed by atoms with E-state index < -0.39 is 98.4 Å². The molecule has 2 N–H and O–H groups in total. The third kappa shape index (κ3) is 3.88. The highest BCUT2D eigenvalue weighted by atomic mass is 16.6. The van der Waals surface area contributed by atoms with Gasteiger partial charge in [0.2, 0.25) is 12.1 Å². The van der Waals surface area contributed by atoms with Crippen LogP contribution in [0.15, 0.2) is 36.4 Å². The Labute approximate surface area is 207 Å². The molecule has 1 saturated heterocycles. The van der Waals surface area contributed by atoms with Gasteiger partial charge in [-0.2, -0.15) is 4.98 Å². The van der Waals surface area contributed by atoms with Gasteiger partial charge in [0.05, 0.1) is 36.0 Å². The van der Waals surface area contributed by atoms with Crippen LogP contribution >= 0.6 is 0 Å². The van der Waals surface area contributed by atoms with Gasteiger partial charge in [0.25, 0.3) is 5.91 Å². The monoisotopic (exact) mass is 463 g/mol. The minimum absolute atomic E-state index is 0.233. The Kier molecular flexibility index (Phi) is 2.91. The minimum atomic E-state index is -3.20. The van der Waals surface area contributed by atoms with Gasteiger partial charge in [0, 0.05) is 37.5 Å². The second-order valence-corrected chi connectivity index (χ2v) is 6.95. The molecule has 0 bridgehead atoms. The SMILES string of the molecule is [2H]c1c(OC([2H])([2H])[2H])c(OC([2H])([2H])[2H])c([2H])c2c(N)nc(N3CC([2H])([2H])N(C(=O)C4COc5ccccc5O4)C([2H])([2H])C3)nc12. The third-order valence-electron chi connectivity index (χ3n) is 4.93. The average Bonchev–Trinajstić information content (AvgIpc) is 2.90. The number of piperazine rings is 1. The normalized spacial score (nSPS) is 26.8. The van der Waals surface area contributed by atoms with Crippen molar-refractivity contribution in [3.63, 3.8) is 0 Å². The van der Waals surface area contributed by atoms with Crippen molar-refractivity contribution < 1.29 is 40.2 Å². The molecule has 0 spiro atoms. The summed E-state index contributed by atoms with van der Waals surface area (Å²) >= 11 is 0. The third-order valence-corrected chi connectivity index (χ3v) is 4.93. The number of fused-ring (bicyclic) bond motifs is 2. The molecule has 10 heteroatoms. The maximum Gasteiger partial charge on any atom is 0.267 e. The molecule has 1 atom stereocenters. The molecular formula is C23H25N5O5. The summed E-state index contributed by atoms with van der Waals surface area (Å²) in [4.78, 5) is 23.1. The Balaban J connectivity index is 1.52. The van der Waals surface area contributed by atoms with Gasteiger partial charge in [0.15, 0.2) is 23.0 Å². The van der Waals surface area contributed by atoms with Crippen LogP contribution in [-0.2, 0) is 4.79 Å². The van der Waals surface area contributed by atoms with Crippen molar-refractivity contribution in [3.8, 4) is 23.0 Å². The molecule has 33 heavy (non-hydrogen) atoms. The van der Waals surface area contributed by atoms with Crippen LogP contribution in [0.5, 0.6) is 23.0 Å². The molecular weight excluding hydrogens is 426 g/mol. The number of carbonyl (C=O) groups excluding carboxylic acids is 1. The number of methoxy groups -OCH3 is 2. The lowest BCUT2D eigenvalue weighted by molar-refractivity contribution is -0.141. The molecule has 0 aliphatic carbocycles. The quantitative estimate of drug-likeness (QED) is 0.618. The molecule has 1 amide bonds. The van der Waals surface area contributed by atoms with Crippen LogP contribution in [0.3, 0.4) is 0 Å².